The van der Waals surface area contributed by atoms with Crippen molar-refractivity contribution in [1.29, 1.82) is 0 Å². The topological polar surface area (TPSA) is 106 Å². The van der Waals surface area contributed by atoms with E-state index in [1.807, 2.05) is 0 Å². The maximum Gasteiger partial charge on any atom is 0.357 e. The van der Waals surface area contributed by atoms with Crippen LogP contribution < -0.4 is 0 Å². The van der Waals surface area contributed by atoms with E-state index < -0.39 is 11.9 Å². The molecule has 1 aromatic rings. The third-order valence-electron chi connectivity index (χ3n) is 1.82. The molecule has 0 unspecified atom stereocenters. The first-order valence-electron chi connectivity index (χ1n) is 5.22. The quantitative estimate of drug-likeness (QED) is 0.652. The predicted octanol–water partition coefficient (Wildman–Crippen LogP) is -0.620. The number of aliphatic hydroxyl groups is 2. The van der Waals surface area contributed by atoms with Crippen molar-refractivity contribution in [2.45, 2.75) is 0 Å². The monoisotopic (exact) mass is 255 g/mol. The fourth-order valence-electron chi connectivity index (χ4n) is 1.09. The smallest absolute Gasteiger partial charge is 0.357 e. The van der Waals surface area contributed by atoms with Gasteiger partial charge in [-0.15, -0.1) is 0 Å². The number of esters is 2. The van der Waals surface area contributed by atoms with Gasteiger partial charge >= 0.3 is 11.9 Å². The van der Waals surface area contributed by atoms with Crippen LogP contribution in [-0.4, -0.2) is 53.6 Å². The first-order chi connectivity index (χ1) is 8.69. The van der Waals surface area contributed by atoms with Crippen molar-refractivity contribution in [1.82, 2.24) is 4.98 Å². The number of rotatable bonds is 6. The summed E-state index contributed by atoms with van der Waals surface area (Å²) in [4.78, 5) is 26.6. The molecule has 0 saturated carbocycles. The van der Waals surface area contributed by atoms with Crippen molar-refractivity contribution in [3.63, 3.8) is 0 Å². The zero-order chi connectivity index (χ0) is 13.4. The van der Waals surface area contributed by atoms with Gasteiger partial charge in [-0.05, 0) is 12.1 Å². The normalized spacial score (nSPS) is 9.89. The second-order valence-electron chi connectivity index (χ2n) is 3.13. The minimum atomic E-state index is -0.735. The van der Waals surface area contributed by atoms with Crippen LogP contribution in [0.25, 0.3) is 0 Å². The van der Waals surface area contributed by atoms with Gasteiger partial charge in [0.2, 0.25) is 0 Å². The van der Waals surface area contributed by atoms with E-state index >= 15 is 0 Å². The molecule has 0 atom stereocenters. The van der Waals surface area contributed by atoms with Crippen LogP contribution in [0.2, 0.25) is 0 Å². The van der Waals surface area contributed by atoms with Crippen molar-refractivity contribution in [2.75, 3.05) is 26.4 Å². The lowest BCUT2D eigenvalue weighted by molar-refractivity contribution is 0.0416. The van der Waals surface area contributed by atoms with Gasteiger partial charge in [0, 0.05) is 0 Å². The number of nitrogens with zero attached hydrogens (tertiary/aromatic N) is 1. The highest BCUT2D eigenvalue weighted by atomic mass is 16.5. The highest BCUT2D eigenvalue weighted by Crippen LogP contribution is 2.03. The predicted molar refractivity (Wildman–Crippen MR) is 59.0 cm³/mol. The van der Waals surface area contributed by atoms with E-state index in [1.165, 1.54) is 18.2 Å². The van der Waals surface area contributed by atoms with Crippen LogP contribution in [0.1, 0.15) is 21.0 Å². The van der Waals surface area contributed by atoms with Crippen LogP contribution in [-0.2, 0) is 9.47 Å². The molecule has 0 saturated heterocycles. The molecule has 0 radical (unpaired) electrons. The number of hydrogen-bond donors (Lipinski definition) is 2. The van der Waals surface area contributed by atoms with E-state index in [0.29, 0.717) is 0 Å². The molecular formula is C11H13NO6. The molecule has 0 aliphatic carbocycles. The number of ether oxygens (including phenoxy) is 2. The number of aromatic nitrogens is 1. The molecule has 1 aromatic heterocycles. The molecule has 7 heteroatoms. The highest BCUT2D eigenvalue weighted by Gasteiger charge is 2.13. The summed E-state index contributed by atoms with van der Waals surface area (Å²) in [5, 5.41) is 17.0. The van der Waals surface area contributed by atoms with Gasteiger partial charge in [0.1, 0.15) is 24.6 Å². The Hall–Kier alpha value is -1.99. The van der Waals surface area contributed by atoms with Crippen LogP contribution >= 0.6 is 0 Å². The maximum absolute atomic E-state index is 11.4. The largest absolute Gasteiger partial charge is 0.459 e. The van der Waals surface area contributed by atoms with Crippen molar-refractivity contribution in [3.05, 3.63) is 29.6 Å². The minimum Gasteiger partial charge on any atom is -0.459 e. The molecular weight excluding hydrogens is 242 g/mol. The Balaban J connectivity index is 2.72. The van der Waals surface area contributed by atoms with Crippen LogP contribution in [0.15, 0.2) is 18.2 Å². The summed E-state index contributed by atoms with van der Waals surface area (Å²) in [6, 6.07) is 4.21. The van der Waals surface area contributed by atoms with E-state index in [9.17, 15) is 9.59 Å². The fourth-order valence-corrected chi connectivity index (χ4v) is 1.09. The molecule has 0 spiro atoms. The second kappa shape index (κ2) is 7.36. The van der Waals surface area contributed by atoms with Gasteiger partial charge < -0.3 is 19.7 Å². The number of carbonyl (C=O) groups is 2. The standard InChI is InChI=1S/C11H13NO6/c13-4-6-17-10(15)8-2-1-3-9(12-8)11(16)18-7-5-14/h1-3,13-14H,4-7H2. The Morgan fingerprint density at radius 2 is 1.44 bits per heavy atom. The van der Waals surface area contributed by atoms with Gasteiger partial charge in [-0.25, -0.2) is 14.6 Å². The summed E-state index contributed by atoms with van der Waals surface area (Å²) >= 11 is 0. The van der Waals surface area contributed by atoms with Crippen molar-refractivity contribution < 1.29 is 29.3 Å². The van der Waals surface area contributed by atoms with Gasteiger partial charge in [0.25, 0.3) is 0 Å². The lowest BCUT2D eigenvalue weighted by Crippen LogP contribution is -2.15. The Kier molecular flexibility index (Phi) is 5.75. The average Bonchev–Trinajstić information content (AvgIpc) is 2.42. The van der Waals surface area contributed by atoms with Crippen LogP contribution in [0.3, 0.4) is 0 Å². The molecule has 98 valence electrons. The van der Waals surface area contributed by atoms with Gasteiger partial charge in [-0.1, -0.05) is 6.07 Å². The molecule has 1 rings (SSSR count). The molecule has 0 aliphatic heterocycles. The zero-order valence-corrected chi connectivity index (χ0v) is 9.54. The molecule has 1 heterocycles. The number of carbonyl (C=O) groups excluding carboxylic acids is 2. The molecule has 18 heavy (non-hydrogen) atoms. The first kappa shape index (κ1) is 14.1. The summed E-state index contributed by atoms with van der Waals surface area (Å²) in [5.74, 6) is -1.47. The van der Waals surface area contributed by atoms with E-state index in [1.54, 1.807) is 0 Å². The molecule has 0 bridgehead atoms. The summed E-state index contributed by atoms with van der Waals surface area (Å²) in [7, 11) is 0. The SMILES string of the molecule is O=C(OCCO)c1cccc(C(=O)OCCO)n1. The number of hydrogen-bond acceptors (Lipinski definition) is 7. The van der Waals surface area contributed by atoms with Crippen LogP contribution in [0.5, 0.6) is 0 Å². The van der Waals surface area contributed by atoms with Gasteiger partial charge in [0.05, 0.1) is 13.2 Å². The van der Waals surface area contributed by atoms with E-state index in [-0.39, 0.29) is 37.8 Å². The Bertz CT molecular complexity index is 384. The summed E-state index contributed by atoms with van der Waals surface area (Å²) < 4.78 is 9.30. The van der Waals surface area contributed by atoms with E-state index in [4.69, 9.17) is 10.2 Å². The molecule has 7 nitrogen and oxygen atoms in total. The fraction of sp³-hybridized carbons (Fsp3) is 0.364. The summed E-state index contributed by atoms with van der Waals surface area (Å²) in [5.41, 5.74) is -0.108. The summed E-state index contributed by atoms with van der Waals surface area (Å²) in [6.07, 6.45) is 0. The zero-order valence-electron chi connectivity index (χ0n) is 9.54. The van der Waals surface area contributed by atoms with Crippen molar-refractivity contribution in [2.24, 2.45) is 0 Å². The third kappa shape index (κ3) is 4.11. The number of pyridine rings is 1. The average molecular weight is 255 g/mol. The van der Waals surface area contributed by atoms with Crippen molar-refractivity contribution in [3.8, 4) is 0 Å². The molecule has 2 N–H and O–H groups in total. The number of aliphatic hydroxyl groups excluding tert-OH is 2. The van der Waals surface area contributed by atoms with Gasteiger partial charge in [0.15, 0.2) is 0 Å². The Morgan fingerprint density at radius 1 is 1.00 bits per heavy atom. The van der Waals surface area contributed by atoms with Crippen LogP contribution in [0.4, 0.5) is 0 Å². The Morgan fingerprint density at radius 3 is 1.83 bits per heavy atom. The molecule has 0 aliphatic rings. The van der Waals surface area contributed by atoms with Gasteiger partial charge in [-0.3, -0.25) is 0 Å². The minimum absolute atomic E-state index is 0.0538. The highest BCUT2D eigenvalue weighted by molar-refractivity contribution is 5.91. The lowest BCUT2D eigenvalue weighted by atomic mass is 10.3. The maximum atomic E-state index is 11.4. The molecule has 0 aromatic carbocycles. The first-order valence-corrected chi connectivity index (χ1v) is 5.22. The molecule has 0 amide bonds. The molecule has 0 fully saturated rings. The van der Waals surface area contributed by atoms with Gasteiger partial charge in [-0.2, -0.15) is 0 Å². The van der Waals surface area contributed by atoms with Crippen LogP contribution in [0, 0.1) is 0 Å². The van der Waals surface area contributed by atoms with Crippen molar-refractivity contribution >= 4 is 11.9 Å². The second-order valence-corrected chi connectivity index (χ2v) is 3.13. The third-order valence-corrected chi connectivity index (χ3v) is 1.82. The van der Waals surface area contributed by atoms with E-state index in [2.05, 4.69) is 14.5 Å². The lowest BCUT2D eigenvalue weighted by Gasteiger charge is -2.04. The van der Waals surface area contributed by atoms with E-state index in [0.717, 1.165) is 0 Å². The Labute approximate surface area is 103 Å². The summed E-state index contributed by atoms with van der Waals surface area (Å²) in [6.45, 7) is -0.854.